The van der Waals surface area contributed by atoms with Gasteiger partial charge in [0, 0.05) is 21.9 Å². The fourth-order valence-electron chi connectivity index (χ4n) is 3.27. The van der Waals surface area contributed by atoms with Gasteiger partial charge in [-0.05, 0) is 55.7 Å². The Morgan fingerprint density at radius 1 is 0.828 bits per heavy atom. The lowest BCUT2D eigenvalue weighted by atomic mass is 9.88. The third-order valence-electron chi connectivity index (χ3n) is 4.63. The highest BCUT2D eigenvalue weighted by Crippen LogP contribution is 2.31. The number of rotatable bonds is 4. The normalized spacial score (nSPS) is 17.4. The molecule has 0 aromatic carbocycles. The molecule has 0 saturated heterocycles. The van der Waals surface area contributed by atoms with Crippen molar-refractivity contribution in [2.45, 2.75) is 19.3 Å². The van der Waals surface area contributed by atoms with Crippen LogP contribution in [0.4, 0.5) is 0 Å². The zero-order chi connectivity index (χ0) is 19.6. The maximum absolute atomic E-state index is 13.0. The number of nitrogens with zero attached hydrogens (tertiary/aromatic N) is 2. The number of carbonyl (C=O) groups excluding carboxylic acids is 1. The Kier molecular flexibility index (Phi) is 4.83. The number of ketones is 1. The summed E-state index contributed by atoms with van der Waals surface area (Å²) in [6.45, 7) is 0. The van der Waals surface area contributed by atoms with Gasteiger partial charge in [-0.15, -0.1) is 22.7 Å². The van der Waals surface area contributed by atoms with Gasteiger partial charge in [-0.3, -0.25) is 4.79 Å². The Bertz CT molecular complexity index is 1100. The third kappa shape index (κ3) is 3.79. The average Bonchev–Trinajstić information content (AvgIpc) is 3.52. The number of allylic oxidation sites excluding steroid dienone is 2. The minimum absolute atomic E-state index is 0.0800. The maximum atomic E-state index is 13.0. The molecule has 29 heavy (non-hydrogen) atoms. The quantitative estimate of drug-likeness (QED) is 0.360. The van der Waals surface area contributed by atoms with Crippen molar-refractivity contribution in [2.24, 2.45) is 0 Å². The SMILES string of the molecule is O=C1/C(=C\c2csc(-c3ccco3)n2)CCC/C1=C\c1csc(-c2ccco2)n1. The fraction of sp³-hybridized carbons (Fsp3) is 0.136. The van der Waals surface area contributed by atoms with Crippen LogP contribution in [0, 0.1) is 0 Å². The molecule has 0 atom stereocenters. The van der Waals surface area contributed by atoms with Gasteiger partial charge in [-0.25, -0.2) is 9.97 Å². The second-order valence-electron chi connectivity index (χ2n) is 6.63. The summed E-state index contributed by atoms with van der Waals surface area (Å²) in [5.74, 6) is 1.56. The summed E-state index contributed by atoms with van der Waals surface area (Å²) in [7, 11) is 0. The first-order valence-corrected chi connectivity index (χ1v) is 11.0. The van der Waals surface area contributed by atoms with Gasteiger partial charge in [0.2, 0.25) is 0 Å². The van der Waals surface area contributed by atoms with Gasteiger partial charge in [-0.2, -0.15) is 0 Å². The van der Waals surface area contributed by atoms with Crippen molar-refractivity contribution in [2.75, 3.05) is 0 Å². The van der Waals surface area contributed by atoms with Crippen LogP contribution in [0.15, 0.2) is 67.5 Å². The lowest BCUT2D eigenvalue weighted by molar-refractivity contribution is -0.112. The van der Waals surface area contributed by atoms with Gasteiger partial charge in [0.15, 0.2) is 27.3 Å². The summed E-state index contributed by atoms with van der Waals surface area (Å²) in [4.78, 5) is 22.1. The lowest BCUT2D eigenvalue weighted by Gasteiger charge is -2.15. The van der Waals surface area contributed by atoms with Crippen LogP contribution in [0.3, 0.4) is 0 Å². The van der Waals surface area contributed by atoms with E-state index in [0.717, 1.165) is 63.3 Å². The Hall–Kier alpha value is -3.03. The molecular weight excluding hydrogens is 404 g/mol. The van der Waals surface area contributed by atoms with Crippen molar-refractivity contribution < 1.29 is 13.6 Å². The number of furan rings is 2. The van der Waals surface area contributed by atoms with Crippen LogP contribution >= 0.6 is 22.7 Å². The van der Waals surface area contributed by atoms with Crippen molar-refractivity contribution >= 4 is 40.6 Å². The van der Waals surface area contributed by atoms with E-state index in [2.05, 4.69) is 9.97 Å². The molecule has 0 unspecified atom stereocenters. The predicted octanol–water partition coefficient (Wildman–Crippen LogP) is 6.34. The largest absolute Gasteiger partial charge is 0.462 e. The van der Waals surface area contributed by atoms with Crippen molar-refractivity contribution in [1.82, 2.24) is 9.97 Å². The number of aromatic nitrogens is 2. The molecular formula is C22H16N2O3S2. The van der Waals surface area contributed by atoms with Crippen LogP contribution in [0.25, 0.3) is 33.7 Å². The minimum Gasteiger partial charge on any atom is -0.462 e. The van der Waals surface area contributed by atoms with Crippen LogP contribution in [0.2, 0.25) is 0 Å². The number of hydrogen-bond acceptors (Lipinski definition) is 7. The van der Waals surface area contributed by atoms with E-state index in [9.17, 15) is 4.79 Å². The molecule has 4 heterocycles. The van der Waals surface area contributed by atoms with Gasteiger partial charge >= 0.3 is 0 Å². The summed E-state index contributed by atoms with van der Waals surface area (Å²) in [5, 5.41) is 5.53. The van der Waals surface area contributed by atoms with E-state index in [0.29, 0.717) is 0 Å². The standard InChI is InChI=1S/C22H16N2O3S2/c25-20-14(10-16-12-28-21(23-16)18-6-2-8-26-18)4-1-5-15(20)11-17-13-29-22(24-17)19-7-3-9-27-19/h2-3,6-13H,1,4-5H2/b14-10-,15-11+. The first-order chi connectivity index (χ1) is 14.3. The molecule has 4 aromatic heterocycles. The molecule has 4 aromatic rings. The number of carbonyl (C=O) groups is 1. The van der Waals surface area contributed by atoms with Crippen LogP contribution < -0.4 is 0 Å². The Morgan fingerprint density at radius 2 is 1.34 bits per heavy atom. The molecule has 1 saturated carbocycles. The Morgan fingerprint density at radius 3 is 1.79 bits per heavy atom. The summed E-state index contributed by atoms with van der Waals surface area (Å²) in [6.07, 6.45) is 9.52. The van der Waals surface area contributed by atoms with Gasteiger partial charge < -0.3 is 8.83 Å². The molecule has 0 amide bonds. The van der Waals surface area contributed by atoms with Crippen molar-refractivity contribution in [3.63, 3.8) is 0 Å². The van der Waals surface area contributed by atoms with E-state index in [-0.39, 0.29) is 5.78 Å². The van der Waals surface area contributed by atoms with E-state index < -0.39 is 0 Å². The third-order valence-corrected chi connectivity index (χ3v) is 6.38. The summed E-state index contributed by atoms with van der Waals surface area (Å²) in [6, 6.07) is 7.44. The lowest BCUT2D eigenvalue weighted by Crippen LogP contribution is -2.12. The van der Waals surface area contributed by atoms with E-state index in [1.54, 1.807) is 12.5 Å². The number of Topliss-reactive ketones (excluding diaryl/α,β-unsaturated/α-hetero) is 1. The predicted molar refractivity (Wildman–Crippen MR) is 114 cm³/mol. The van der Waals surface area contributed by atoms with E-state index in [1.807, 2.05) is 47.2 Å². The molecule has 7 heteroatoms. The smallest absolute Gasteiger partial charge is 0.185 e. The molecule has 0 aliphatic heterocycles. The van der Waals surface area contributed by atoms with Crippen LogP contribution in [-0.2, 0) is 4.79 Å². The van der Waals surface area contributed by atoms with Gasteiger partial charge in [0.25, 0.3) is 0 Å². The monoisotopic (exact) mass is 420 g/mol. The second-order valence-corrected chi connectivity index (χ2v) is 8.35. The van der Waals surface area contributed by atoms with Crippen LogP contribution in [0.1, 0.15) is 30.7 Å². The first kappa shape index (κ1) is 18.0. The first-order valence-electron chi connectivity index (χ1n) is 9.21. The molecule has 1 aliphatic rings. The molecule has 0 spiro atoms. The minimum atomic E-state index is 0.0800. The van der Waals surface area contributed by atoms with Gasteiger partial charge in [0.1, 0.15) is 0 Å². The van der Waals surface area contributed by atoms with Crippen LogP contribution in [-0.4, -0.2) is 15.8 Å². The Labute approximate surface area is 175 Å². The van der Waals surface area contributed by atoms with Crippen molar-refractivity contribution in [3.05, 3.63) is 70.1 Å². The highest BCUT2D eigenvalue weighted by Gasteiger charge is 2.21. The van der Waals surface area contributed by atoms with Gasteiger partial charge in [-0.1, -0.05) is 0 Å². The van der Waals surface area contributed by atoms with E-state index in [1.165, 1.54) is 22.7 Å². The molecule has 0 N–H and O–H groups in total. The van der Waals surface area contributed by atoms with Crippen LogP contribution in [0.5, 0.6) is 0 Å². The molecule has 0 bridgehead atoms. The number of hydrogen-bond donors (Lipinski definition) is 0. The topological polar surface area (TPSA) is 69.1 Å². The zero-order valence-corrected chi connectivity index (χ0v) is 17.0. The van der Waals surface area contributed by atoms with Gasteiger partial charge in [0.05, 0.1) is 23.9 Å². The van der Waals surface area contributed by atoms with E-state index >= 15 is 0 Å². The molecule has 5 nitrogen and oxygen atoms in total. The zero-order valence-electron chi connectivity index (χ0n) is 15.3. The number of thiazole rings is 2. The van der Waals surface area contributed by atoms with E-state index in [4.69, 9.17) is 8.83 Å². The molecule has 0 radical (unpaired) electrons. The Balaban J connectivity index is 1.38. The van der Waals surface area contributed by atoms with Crippen molar-refractivity contribution in [3.8, 4) is 21.5 Å². The molecule has 5 rings (SSSR count). The molecule has 1 aliphatic carbocycles. The maximum Gasteiger partial charge on any atom is 0.185 e. The summed E-state index contributed by atoms with van der Waals surface area (Å²) >= 11 is 3.02. The highest BCUT2D eigenvalue weighted by atomic mass is 32.1. The fourth-order valence-corrected chi connectivity index (χ4v) is 4.75. The second kappa shape index (κ2) is 7.77. The highest BCUT2D eigenvalue weighted by molar-refractivity contribution is 7.13. The average molecular weight is 421 g/mol. The summed E-state index contributed by atoms with van der Waals surface area (Å²) < 4.78 is 10.8. The van der Waals surface area contributed by atoms with Crippen molar-refractivity contribution in [1.29, 1.82) is 0 Å². The molecule has 144 valence electrons. The molecule has 1 fully saturated rings. The summed E-state index contributed by atoms with van der Waals surface area (Å²) in [5.41, 5.74) is 3.17.